The highest BCUT2D eigenvalue weighted by molar-refractivity contribution is 5.38. The van der Waals surface area contributed by atoms with Crippen molar-refractivity contribution in [3.05, 3.63) is 59.7 Å². The summed E-state index contributed by atoms with van der Waals surface area (Å²) in [6.45, 7) is 1.59. The van der Waals surface area contributed by atoms with Gasteiger partial charge in [0.15, 0.2) is 11.6 Å². The molecule has 0 amide bonds. The number of rotatable bonds is 7. The van der Waals surface area contributed by atoms with E-state index in [1.807, 2.05) is 0 Å². The van der Waals surface area contributed by atoms with Gasteiger partial charge in [-0.15, -0.1) is 0 Å². The first-order chi connectivity index (χ1) is 10.2. The van der Waals surface area contributed by atoms with Crippen LogP contribution < -0.4 is 10.1 Å². The number of hydrogen-bond donors (Lipinski definition) is 1. The molecular weight excluding hydrogens is 276 g/mol. The zero-order valence-corrected chi connectivity index (χ0v) is 11.7. The molecule has 112 valence electrons. The molecule has 0 aliphatic carbocycles. The minimum absolute atomic E-state index is 0.113. The van der Waals surface area contributed by atoms with Crippen LogP contribution in [0.25, 0.3) is 0 Å². The third-order valence-corrected chi connectivity index (χ3v) is 2.88. The van der Waals surface area contributed by atoms with Crippen LogP contribution in [-0.4, -0.2) is 20.3 Å². The van der Waals surface area contributed by atoms with E-state index < -0.39 is 5.82 Å². The summed E-state index contributed by atoms with van der Waals surface area (Å²) in [5.74, 6) is -0.284. The molecule has 2 aromatic rings. The fraction of sp³-hybridized carbons (Fsp3) is 0.250. The van der Waals surface area contributed by atoms with Gasteiger partial charge in [0, 0.05) is 25.8 Å². The van der Waals surface area contributed by atoms with Crippen molar-refractivity contribution in [1.29, 1.82) is 0 Å². The normalized spacial score (nSPS) is 10.6. The monoisotopic (exact) mass is 293 g/mol. The maximum atomic E-state index is 13.6. The predicted molar refractivity (Wildman–Crippen MR) is 76.5 cm³/mol. The van der Waals surface area contributed by atoms with Gasteiger partial charge in [-0.1, -0.05) is 12.1 Å². The summed E-state index contributed by atoms with van der Waals surface area (Å²) in [6, 6.07) is 10.3. The van der Waals surface area contributed by atoms with Crippen LogP contribution in [0.5, 0.6) is 11.5 Å². The van der Waals surface area contributed by atoms with Crippen LogP contribution in [0, 0.1) is 11.6 Å². The Morgan fingerprint density at radius 2 is 1.86 bits per heavy atom. The number of hydrogen-bond acceptors (Lipinski definition) is 3. The van der Waals surface area contributed by atoms with Crippen molar-refractivity contribution in [3.63, 3.8) is 0 Å². The number of halogens is 2. The summed E-state index contributed by atoms with van der Waals surface area (Å²) < 4.78 is 37.4. The van der Waals surface area contributed by atoms with E-state index in [4.69, 9.17) is 9.47 Å². The first kappa shape index (κ1) is 15.4. The van der Waals surface area contributed by atoms with Crippen LogP contribution >= 0.6 is 0 Å². The van der Waals surface area contributed by atoms with E-state index in [0.717, 1.165) is 0 Å². The maximum absolute atomic E-state index is 13.6. The SMILES string of the molecule is COCCNCc1cc(F)ccc1Oc1ccccc1F. The Morgan fingerprint density at radius 3 is 2.62 bits per heavy atom. The second kappa shape index (κ2) is 7.71. The summed E-state index contributed by atoms with van der Waals surface area (Å²) >= 11 is 0. The van der Waals surface area contributed by atoms with Crippen molar-refractivity contribution >= 4 is 0 Å². The van der Waals surface area contributed by atoms with Gasteiger partial charge >= 0.3 is 0 Å². The van der Waals surface area contributed by atoms with Gasteiger partial charge in [-0.2, -0.15) is 0 Å². The van der Waals surface area contributed by atoms with Gasteiger partial charge in [0.1, 0.15) is 11.6 Å². The Balaban J connectivity index is 2.13. The smallest absolute Gasteiger partial charge is 0.165 e. The summed E-state index contributed by atoms with van der Waals surface area (Å²) in [4.78, 5) is 0. The third kappa shape index (κ3) is 4.51. The Hall–Kier alpha value is -1.98. The number of para-hydroxylation sites is 1. The fourth-order valence-electron chi connectivity index (χ4n) is 1.83. The molecule has 0 aliphatic heterocycles. The summed E-state index contributed by atoms with van der Waals surface area (Å²) in [7, 11) is 1.61. The fourth-order valence-corrected chi connectivity index (χ4v) is 1.83. The molecule has 1 N–H and O–H groups in total. The molecule has 0 unspecified atom stereocenters. The van der Waals surface area contributed by atoms with Crippen LogP contribution in [0.3, 0.4) is 0 Å². The first-order valence-corrected chi connectivity index (χ1v) is 6.61. The Kier molecular flexibility index (Phi) is 5.66. The minimum Gasteiger partial charge on any atom is -0.454 e. The molecule has 0 saturated carbocycles. The lowest BCUT2D eigenvalue weighted by molar-refractivity contribution is 0.199. The lowest BCUT2D eigenvalue weighted by atomic mass is 10.2. The minimum atomic E-state index is -0.458. The van der Waals surface area contributed by atoms with Gasteiger partial charge in [0.2, 0.25) is 0 Å². The summed E-state index contributed by atoms with van der Waals surface area (Å²) in [5, 5.41) is 3.11. The highest BCUT2D eigenvalue weighted by atomic mass is 19.1. The van der Waals surface area contributed by atoms with Crippen LogP contribution in [0.1, 0.15) is 5.56 Å². The van der Waals surface area contributed by atoms with Crippen LogP contribution in [0.2, 0.25) is 0 Å². The molecule has 0 aromatic heterocycles. The topological polar surface area (TPSA) is 30.5 Å². The van der Waals surface area contributed by atoms with Crippen molar-refractivity contribution in [1.82, 2.24) is 5.32 Å². The van der Waals surface area contributed by atoms with Gasteiger partial charge in [0.05, 0.1) is 6.61 Å². The Labute approximate surface area is 122 Å². The van der Waals surface area contributed by atoms with Crippen LogP contribution in [0.4, 0.5) is 8.78 Å². The highest BCUT2D eigenvalue weighted by Crippen LogP contribution is 2.27. The zero-order valence-electron chi connectivity index (χ0n) is 11.7. The van der Waals surface area contributed by atoms with E-state index >= 15 is 0 Å². The van der Waals surface area contributed by atoms with Gasteiger partial charge in [-0.3, -0.25) is 0 Å². The molecule has 0 fully saturated rings. The molecule has 0 aliphatic rings. The van der Waals surface area contributed by atoms with Crippen molar-refractivity contribution in [2.24, 2.45) is 0 Å². The molecular formula is C16H17F2NO2. The Bertz CT molecular complexity index is 590. The van der Waals surface area contributed by atoms with Crippen molar-refractivity contribution < 1.29 is 18.3 Å². The average Bonchev–Trinajstić information content (AvgIpc) is 2.48. The lowest BCUT2D eigenvalue weighted by Gasteiger charge is -2.12. The molecule has 2 aromatic carbocycles. The number of ether oxygens (including phenoxy) is 2. The lowest BCUT2D eigenvalue weighted by Crippen LogP contribution is -2.19. The molecule has 0 heterocycles. The average molecular weight is 293 g/mol. The van der Waals surface area contributed by atoms with Gasteiger partial charge in [-0.25, -0.2) is 8.78 Å². The van der Waals surface area contributed by atoms with Crippen molar-refractivity contribution in [3.8, 4) is 11.5 Å². The molecule has 5 heteroatoms. The Morgan fingerprint density at radius 1 is 1.05 bits per heavy atom. The molecule has 21 heavy (non-hydrogen) atoms. The molecule has 0 radical (unpaired) electrons. The number of benzene rings is 2. The maximum Gasteiger partial charge on any atom is 0.165 e. The van der Waals surface area contributed by atoms with Crippen LogP contribution in [-0.2, 0) is 11.3 Å². The molecule has 0 bridgehead atoms. The van der Waals surface area contributed by atoms with Gasteiger partial charge in [0.25, 0.3) is 0 Å². The van der Waals surface area contributed by atoms with Gasteiger partial charge in [-0.05, 0) is 30.3 Å². The highest BCUT2D eigenvalue weighted by Gasteiger charge is 2.09. The largest absolute Gasteiger partial charge is 0.454 e. The molecule has 0 spiro atoms. The van der Waals surface area contributed by atoms with E-state index in [0.29, 0.717) is 31.0 Å². The number of nitrogens with one attached hydrogen (secondary N) is 1. The van der Waals surface area contributed by atoms with E-state index in [-0.39, 0.29) is 11.6 Å². The van der Waals surface area contributed by atoms with E-state index in [2.05, 4.69) is 5.32 Å². The second-order valence-corrected chi connectivity index (χ2v) is 4.45. The van der Waals surface area contributed by atoms with E-state index in [1.165, 1.54) is 30.3 Å². The molecule has 3 nitrogen and oxygen atoms in total. The molecule has 0 saturated heterocycles. The van der Waals surface area contributed by atoms with E-state index in [1.54, 1.807) is 19.2 Å². The van der Waals surface area contributed by atoms with E-state index in [9.17, 15) is 8.78 Å². The first-order valence-electron chi connectivity index (χ1n) is 6.61. The number of methoxy groups -OCH3 is 1. The quantitative estimate of drug-likeness (QED) is 0.793. The summed E-state index contributed by atoms with van der Waals surface area (Å²) in [6.07, 6.45) is 0. The molecule has 0 atom stereocenters. The third-order valence-electron chi connectivity index (χ3n) is 2.88. The zero-order chi connectivity index (χ0) is 15.1. The van der Waals surface area contributed by atoms with Gasteiger partial charge < -0.3 is 14.8 Å². The standard InChI is InChI=1S/C16H17F2NO2/c1-20-9-8-19-11-12-10-13(17)6-7-15(12)21-16-5-3-2-4-14(16)18/h2-7,10,19H,8-9,11H2,1H3. The molecule has 2 rings (SSSR count). The summed E-state index contributed by atoms with van der Waals surface area (Å²) in [5.41, 5.74) is 0.620. The van der Waals surface area contributed by atoms with Crippen molar-refractivity contribution in [2.45, 2.75) is 6.54 Å². The van der Waals surface area contributed by atoms with Crippen LogP contribution in [0.15, 0.2) is 42.5 Å². The van der Waals surface area contributed by atoms with Crippen molar-refractivity contribution in [2.75, 3.05) is 20.3 Å². The predicted octanol–water partition coefficient (Wildman–Crippen LogP) is 3.49. The second-order valence-electron chi connectivity index (χ2n) is 4.45.